The summed E-state index contributed by atoms with van der Waals surface area (Å²) in [6.07, 6.45) is 2.91. The fraction of sp³-hybridized carbons (Fsp3) is 0.800. The molecular weight excluding hydrogens is 168 g/mol. The van der Waals surface area contributed by atoms with Crippen molar-refractivity contribution in [1.82, 2.24) is 0 Å². The van der Waals surface area contributed by atoms with E-state index in [4.69, 9.17) is 4.74 Å². The maximum atomic E-state index is 10.5. The zero-order chi connectivity index (χ0) is 10.1. The second kappa shape index (κ2) is 7.92. The topological polar surface area (TPSA) is 43.4 Å². The Balaban J connectivity index is 3.00. The van der Waals surface area contributed by atoms with Gasteiger partial charge < -0.3 is 9.53 Å². The molecule has 0 aliphatic heterocycles. The average molecular weight is 186 g/mol. The van der Waals surface area contributed by atoms with Crippen LogP contribution >= 0.6 is 0 Å². The number of hydrogen-bond donors (Lipinski definition) is 0. The number of Topliss-reactive ketones (excluding diaryl/α,β-unsaturated/α-hetero) is 2. The third-order valence-electron chi connectivity index (χ3n) is 1.67. The molecule has 76 valence electrons. The third kappa shape index (κ3) is 11.3. The quantitative estimate of drug-likeness (QED) is 0.542. The summed E-state index contributed by atoms with van der Waals surface area (Å²) in [6, 6.07) is 0. The van der Waals surface area contributed by atoms with E-state index in [1.807, 2.05) is 0 Å². The number of ketones is 2. The Labute approximate surface area is 79.5 Å². The fourth-order valence-corrected chi connectivity index (χ4v) is 0.896. The average Bonchev–Trinajstić information content (AvgIpc) is 2.01. The van der Waals surface area contributed by atoms with Crippen LogP contribution in [0.25, 0.3) is 0 Å². The molecule has 0 bridgehead atoms. The Morgan fingerprint density at radius 1 is 0.923 bits per heavy atom. The molecule has 0 spiro atoms. The normalized spacial score (nSPS) is 10.0. The molecule has 0 rings (SSSR count). The Kier molecular flexibility index (Phi) is 7.50. The van der Waals surface area contributed by atoms with Gasteiger partial charge in [-0.05, 0) is 26.7 Å². The maximum Gasteiger partial charge on any atom is 0.132 e. The minimum absolute atomic E-state index is 0.156. The molecule has 0 aromatic carbocycles. The second-order valence-corrected chi connectivity index (χ2v) is 3.22. The van der Waals surface area contributed by atoms with E-state index in [2.05, 4.69) is 0 Å². The van der Waals surface area contributed by atoms with Gasteiger partial charge in [-0.1, -0.05) is 0 Å². The van der Waals surface area contributed by atoms with Crippen molar-refractivity contribution >= 4 is 11.6 Å². The summed E-state index contributed by atoms with van der Waals surface area (Å²) in [5.41, 5.74) is 0. The number of carbonyl (C=O) groups excluding carboxylic acids is 2. The van der Waals surface area contributed by atoms with Gasteiger partial charge in [-0.25, -0.2) is 0 Å². The number of unbranched alkanes of at least 4 members (excludes halogenated alkanes) is 1. The van der Waals surface area contributed by atoms with Crippen molar-refractivity contribution in [1.29, 1.82) is 0 Å². The highest BCUT2D eigenvalue weighted by atomic mass is 16.5. The summed E-state index contributed by atoms with van der Waals surface area (Å²) in [7, 11) is 0. The van der Waals surface area contributed by atoms with Crippen LogP contribution in [0, 0.1) is 0 Å². The van der Waals surface area contributed by atoms with Crippen LogP contribution in [0.4, 0.5) is 0 Å². The van der Waals surface area contributed by atoms with Crippen LogP contribution in [0.1, 0.15) is 39.5 Å². The molecular formula is C10H18O3. The molecule has 3 heteroatoms. The van der Waals surface area contributed by atoms with Crippen molar-refractivity contribution in [2.45, 2.75) is 39.5 Å². The molecule has 0 atom stereocenters. The van der Waals surface area contributed by atoms with Gasteiger partial charge in [0, 0.05) is 19.4 Å². The SMILES string of the molecule is CC(=O)CCCCOCCC(C)=O. The van der Waals surface area contributed by atoms with Crippen LogP contribution < -0.4 is 0 Å². The summed E-state index contributed by atoms with van der Waals surface area (Å²) >= 11 is 0. The van der Waals surface area contributed by atoms with Gasteiger partial charge in [0.2, 0.25) is 0 Å². The molecule has 13 heavy (non-hydrogen) atoms. The minimum atomic E-state index is 0.156. The fourth-order valence-electron chi connectivity index (χ4n) is 0.896. The van der Waals surface area contributed by atoms with Crippen LogP contribution in [0.3, 0.4) is 0 Å². The molecule has 0 heterocycles. The summed E-state index contributed by atoms with van der Waals surface area (Å²) in [4.78, 5) is 21.0. The lowest BCUT2D eigenvalue weighted by atomic mass is 10.2. The number of rotatable bonds is 8. The first-order chi connectivity index (χ1) is 6.13. The zero-order valence-electron chi connectivity index (χ0n) is 8.47. The van der Waals surface area contributed by atoms with E-state index in [-0.39, 0.29) is 11.6 Å². The smallest absolute Gasteiger partial charge is 0.132 e. The van der Waals surface area contributed by atoms with Gasteiger partial charge in [-0.3, -0.25) is 4.79 Å². The van der Waals surface area contributed by atoms with E-state index in [9.17, 15) is 9.59 Å². The first-order valence-corrected chi connectivity index (χ1v) is 4.69. The predicted molar refractivity (Wildman–Crippen MR) is 50.6 cm³/mol. The molecule has 0 saturated carbocycles. The highest BCUT2D eigenvalue weighted by molar-refractivity contribution is 5.75. The van der Waals surface area contributed by atoms with E-state index < -0.39 is 0 Å². The second-order valence-electron chi connectivity index (χ2n) is 3.22. The molecule has 0 aromatic heterocycles. The number of hydrogen-bond acceptors (Lipinski definition) is 3. The number of ether oxygens (including phenoxy) is 1. The molecule has 0 N–H and O–H groups in total. The molecule has 0 fully saturated rings. The van der Waals surface area contributed by atoms with Crippen LogP contribution in [-0.2, 0) is 14.3 Å². The van der Waals surface area contributed by atoms with E-state index in [0.29, 0.717) is 26.1 Å². The first-order valence-electron chi connectivity index (χ1n) is 4.69. The standard InChI is InChI=1S/C10H18O3/c1-9(11)5-3-4-7-13-8-6-10(2)12/h3-8H2,1-2H3. The maximum absolute atomic E-state index is 10.5. The predicted octanol–water partition coefficient (Wildman–Crippen LogP) is 1.74. The van der Waals surface area contributed by atoms with Crippen molar-refractivity contribution in [3.8, 4) is 0 Å². The Morgan fingerprint density at radius 2 is 1.54 bits per heavy atom. The van der Waals surface area contributed by atoms with Gasteiger partial charge >= 0.3 is 0 Å². The summed E-state index contributed by atoms with van der Waals surface area (Å²) in [5, 5.41) is 0. The van der Waals surface area contributed by atoms with Crippen LogP contribution in [0.2, 0.25) is 0 Å². The van der Waals surface area contributed by atoms with Crippen LogP contribution in [-0.4, -0.2) is 24.8 Å². The molecule has 0 aromatic rings. The zero-order valence-corrected chi connectivity index (χ0v) is 8.47. The first kappa shape index (κ1) is 12.3. The lowest BCUT2D eigenvalue weighted by molar-refractivity contribution is -0.118. The summed E-state index contributed by atoms with van der Waals surface area (Å²) < 4.78 is 5.19. The van der Waals surface area contributed by atoms with Crippen molar-refractivity contribution in [2.24, 2.45) is 0 Å². The molecule has 0 aliphatic carbocycles. The largest absolute Gasteiger partial charge is 0.381 e. The van der Waals surface area contributed by atoms with Crippen molar-refractivity contribution < 1.29 is 14.3 Å². The Morgan fingerprint density at radius 3 is 2.08 bits per heavy atom. The summed E-state index contributed by atoms with van der Waals surface area (Å²) in [6.45, 7) is 4.31. The minimum Gasteiger partial charge on any atom is -0.381 e. The van der Waals surface area contributed by atoms with Crippen molar-refractivity contribution in [3.05, 3.63) is 0 Å². The Bertz CT molecular complexity index is 146. The summed E-state index contributed by atoms with van der Waals surface area (Å²) in [5.74, 6) is 0.382. The van der Waals surface area contributed by atoms with Crippen molar-refractivity contribution in [3.63, 3.8) is 0 Å². The lowest BCUT2D eigenvalue weighted by Gasteiger charge is -2.01. The highest BCUT2D eigenvalue weighted by Crippen LogP contribution is 1.97. The van der Waals surface area contributed by atoms with E-state index >= 15 is 0 Å². The monoisotopic (exact) mass is 186 g/mol. The molecule has 0 radical (unpaired) electrons. The molecule has 0 amide bonds. The van der Waals surface area contributed by atoms with Crippen molar-refractivity contribution in [2.75, 3.05) is 13.2 Å². The van der Waals surface area contributed by atoms with Gasteiger partial charge in [0.05, 0.1) is 6.61 Å². The van der Waals surface area contributed by atoms with E-state index in [1.165, 1.54) is 0 Å². The third-order valence-corrected chi connectivity index (χ3v) is 1.67. The van der Waals surface area contributed by atoms with Gasteiger partial charge in [0.1, 0.15) is 11.6 Å². The number of carbonyl (C=O) groups is 2. The van der Waals surface area contributed by atoms with Crippen LogP contribution in [0.5, 0.6) is 0 Å². The molecule has 0 saturated heterocycles. The lowest BCUT2D eigenvalue weighted by Crippen LogP contribution is -2.02. The van der Waals surface area contributed by atoms with E-state index in [1.54, 1.807) is 13.8 Å². The van der Waals surface area contributed by atoms with Gasteiger partial charge in [0.15, 0.2) is 0 Å². The molecule has 3 nitrogen and oxygen atoms in total. The van der Waals surface area contributed by atoms with Gasteiger partial charge in [0.25, 0.3) is 0 Å². The highest BCUT2D eigenvalue weighted by Gasteiger charge is 1.95. The van der Waals surface area contributed by atoms with Crippen LogP contribution in [0.15, 0.2) is 0 Å². The van der Waals surface area contributed by atoms with Gasteiger partial charge in [-0.15, -0.1) is 0 Å². The van der Waals surface area contributed by atoms with Gasteiger partial charge in [-0.2, -0.15) is 0 Å². The van der Waals surface area contributed by atoms with E-state index in [0.717, 1.165) is 12.8 Å². The molecule has 0 unspecified atom stereocenters. The molecule has 0 aliphatic rings. The Hall–Kier alpha value is -0.700.